The largest absolute Gasteiger partial charge is 0.382 e. The van der Waals surface area contributed by atoms with E-state index in [0.29, 0.717) is 482 Å². The lowest BCUT2D eigenvalue weighted by molar-refractivity contribution is -0.129. The van der Waals surface area contributed by atoms with E-state index >= 15 is 0 Å². The lowest BCUT2D eigenvalue weighted by Gasteiger charge is -2.35. The summed E-state index contributed by atoms with van der Waals surface area (Å²) in [5, 5.41) is 11.8. The van der Waals surface area contributed by atoms with Crippen LogP contribution in [-0.2, 0) is 209 Å². The molecule has 0 bridgehead atoms. The Labute approximate surface area is 863 Å². The molecule has 48 nitrogen and oxygen atoms in total. The molecule has 0 atom stereocenters. The van der Waals surface area contributed by atoms with Gasteiger partial charge < -0.3 is 211 Å². The van der Waals surface area contributed by atoms with Gasteiger partial charge >= 0.3 is 0 Å². The second-order valence-electron chi connectivity index (χ2n) is 30.9. The predicted octanol–water partition coefficient (Wildman–Crippen LogP) is 0.884. The van der Waals surface area contributed by atoms with Crippen LogP contribution in [0.3, 0.4) is 0 Å². The van der Waals surface area contributed by atoms with Gasteiger partial charge in [-0.2, -0.15) is 0 Å². The van der Waals surface area contributed by atoms with Crippen molar-refractivity contribution in [1.29, 1.82) is 0 Å². The van der Waals surface area contributed by atoms with E-state index in [2.05, 4.69) is 21.3 Å². The molecule has 0 saturated carbocycles. The maximum atomic E-state index is 13.8. The zero-order valence-corrected chi connectivity index (χ0v) is 88.7. The van der Waals surface area contributed by atoms with Crippen molar-refractivity contribution in [2.75, 3.05) is 550 Å². The lowest BCUT2D eigenvalue weighted by atomic mass is 9.93. The molecule has 0 heterocycles. The van der Waals surface area contributed by atoms with Crippen LogP contribution in [0.25, 0.3) is 0 Å². The third-order valence-electron chi connectivity index (χ3n) is 18.8. The van der Waals surface area contributed by atoms with Crippen LogP contribution in [0.2, 0.25) is 0 Å². The van der Waals surface area contributed by atoms with Crippen molar-refractivity contribution >= 4 is 23.6 Å². The maximum Gasteiger partial charge on any atom is 0.222 e. The first-order chi connectivity index (χ1) is 71.8. The molecule has 0 saturated heterocycles. The van der Waals surface area contributed by atoms with E-state index in [1.54, 1.807) is 21.3 Å². The third kappa shape index (κ3) is 122. The van der Waals surface area contributed by atoms with Gasteiger partial charge in [-0.25, -0.2) is 0 Å². The van der Waals surface area contributed by atoms with Crippen molar-refractivity contribution in [1.82, 2.24) is 21.3 Å². The van der Waals surface area contributed by atoms with Crippen LogP contribution >= 0.6 is 0 Å². The van der Waals surface area contributed by atoms with Gasteiger partial charge in [-0.1, -0.05) is 13.3 Å². The Bertz CT molecular complexity index is 2280. The number of ether oxygens (including phenoxy) is 40. The molecule has 0 aromatic rings. The average molecular weight is 2120 g/mol. The quantitative estimate of drug-likeness (QED) is 0.0614. The molecule has 0 aliphatic rings. The number of nitrogens with one attached hydrogen (secondary N) is 4. The number of carbonyl (C=O) groups is 4. The molecule has 0 aromatic carbocycles. The van der Waals surface area contributed by atoms with Crippen LogP contribution in [0, 0.1) is 0 Å². The lowest BCUT2D eigenvalue weighted by Crippen LogP contribution is -2.55. The third-order valence-corrected chi connectivity index (χ3v) is 18.8. The van der Waals surface area contributed by atoms with E-state index in [1.165, 1.54) is 0 Å². The normalized spacial score (nSPS) is 11.8. The molecule has 0 fully saturated rings. The molecular weight excluding hydrogens is 1930 g/mol. The highest BCUT2D eigenvalue weighted by atomic mass is 16.6. The van der Waals surface area contributed by atoms with Gasteiger partial charge in [-0.15, -0.1) is 0 Å². The molecule has 0 aromatic heterocycles. The van der Waals surface area contributed by atoms with E-state index in [0.717, 1.165) is 6.42 Å². The van der Waals surface area contributed by atoms with Crippen molar-refractivity contribution in [3.63, 3.8) is 0 Å². The molecule has 864 valence electrons. The Morgan fingerprint density at radius 2 is 0.303 bits per heavy atom. The van der Waals surface area contributed by atoms with E-state index in [-0.39, 0.29) is 115 Å². The fraction of sp³-hybridized carbons (Fsp3) is 0.959. The molecule has 48 heteroatoms. The van der Waals surface area contributed by atoms with Crippen molar-refractivity contribution in [2.45, 2.75) is 63.8 Å². The highest BCUT2D eigenvalue weighted by molar-refractivity contribution is 5.77. The maximum absolute atomic E-state index is 13.8. The molecule has 4 N–H and O–H groups in total. The van der Waals surface area contributed by atoms with Crippen LogP contribution in [0.1, 0.15) is 58.3 Å². The van der Waals surface area contributed by atoms with Gasteiger partial charge in [-0.3, -0.25) is 19.2 Å². The van der Waals surface area contributed by atoms with Crippen LogP contribution in [0.4, 0.5) is 0 Å². The molecule has 0 spiro atoms. The number of hydrogen-bond donors (Lipinski definition) is 4. The Morgan fingerprint density at radius 1 is 0.159 bits per heavy atom. The number of methoxy groups -OCH3 is 3. The van der Waals surface area contributed by atoms with Crippen molar-refractivity contribution in [2.24, 2.45) is 0 Å². The zero-order chi connectivity index (χ0) is 104. The van der Waals surface area contributed by atoms with Crippen LogP contribution in [0.5, 0.6) is 0 Å². The number of rotatable bonds is 132. The molecule has 0 rings (SSSR count). The van der Waals surface area contributed by atoms with Crippen LogP contribution in [0.15, 0.2) is 0 Å². The molecule has 0 aliphatic carbocycles. The molecule has 145 heavy (non-hydrogen) atoms. The van der Waals surface area contributed by atoms with E-state index in [4.69, 9.17) is 189 Å². The van der Waals surface area contributed by atoms with Gasteiger partial charge in [0.25, 0.3) is 0 Å². The molecule has 4 amide bonds. The molecule has 0 unspecified atom stereocenters. The van der Waals surface area contributed by atoms with Crippen LogP contribution in [-0.4, -0.2) is 579 Å². The highest BCUT2D eigenvalue weighted by Crippen LogP contribution is 2.19. The number of hydrogen-bond acceptors (Lipinski definition) is 44. The summed E-state index contributed by atoms with van der Waals surface area (Å²) >= 11 is 0. The predicted molar refractivity (Wildman–Crippen MR) is 528 cm³/mol. The number of carbonyl (C=O) groups excluding carboxylic acids is 4. The fourth-order valence-electron chi connectivity index (χ4n) is 11.3. The summed E-state index contributed by atoms with van der Waals surface area (Å²) in [6.45, 7) is 35.0. The summed E-state index contributed by atoms with van der Waals surface area (Å²) in [5.74, 6) is -1.03. The summed E-state index contributed by atoms with van der Waals surface area (Å²) in [5.41, 5.74) is -1.13. The summed E-state index contributed by atoms with van der Waals surface area (Å²) in [6, 6.07) is 0. The van der Waals surface area contributed by atoms with Gasteiger partial charge in [-0.05, 0) is 19.3 Å². The highest BCUT2D eigenvalue weighted by Gasteiger charge is 2.33. The van der Waals surface area contributed by atoms with Crippen molar-refractivity contribution in [3.05, 3.63) is 0 Å². The molecule has 0 radical (unpaired) electrons. The number of unbranched alkanes of at least 4 members (excludes halogenated alkanes) is 1. The minimum atomic E-state index is -1.13. The summed E-state index contributed by atoms with van der Waals surface area (Å²) < 4.78 is 221. The fourth-order valence-corrected chi connectivity index (χ4v) is 11.3. The molecule has 0 aliphatic heterocycles. The van der Waals surface area contributed by atoms with E-state index < -0.39 is 5.54 Å². The van der Waals surface area contributed by atoms with Crippen molar-refractivity contribution < 1.29 is 209 Å². The first-order valence-corrected chi connectivity index (χ1v) is 51.8. The smallest absolute Gasteiger partial charge is 0.222 e. The topological polar surface area (TPSA) is 486 Å². The van der Waals surface area contributed by atoms with Gasteiger partial charge in [0, 0.05) is 73.3 Å². The Balaban J connectivity index is 4.79. The Kier molecular flexibility index (Phi) is 124. The average Bonchev–Trinajstić information content (AvgIpc) is 0.852. The van der Waals surface area contributed by atoms with Gasteiger partial charge in [0.15, 0.2) is 0 Å². The Morgan fingerprint density at radius 3 is 0.483 bits per heavy atom. The monoisotopic (exact) mass is 2120 g/mol. The second kappa shape index (κ2) is 127. The summed E-state index contributed by atoms with van der Waals surface area (Å²) in [6.07, 6.45) is 2.38. The SMILES string of the molecule is CCCOCCOCCC(=O)NC(CCCCC(=O)NCCOCCOCCOCCOCCOCCOCCOCCOCCOCCOCCOCCOC)(COCCC(=O)NCCOCCOCCOCCOCCOCCOCCOCCOCCOCCOCCOCCOC)COCCC(=O)NCCOCCOCCOCCOCCOCCOCCOCCOCCOCCOCCOCCOC. The summed E-state index contributed by atoms with van der Waals surface area (Å²) in [7, 11) is 4.91. The van der Waals surface area contributed by atoms with Crippen LogP contribution < -0.4 is 21.3 Å². The first-order valence-electron chi connectivity index (χ1n) is 51.8. The minimum Gasteiger partial charge on any atom is -0.382 e. The van der Waals surface area contributed by atoms with E-state index in [9.17, 15) is 19.2 Å². The number of amides is 4. The van der Waals surface area contributed by atoms with Gasteiger partial charge in [0.05, 0.1) is 508 Å². The standard InChI is InChI=1S/C97H192N4O44/c1-5-16-109-29-30-110-17-11-96(105)101-97(12-7-6-8-93(102)98-13-20-111-31-34-117-43-46-123-55-58-129-67-70-135-79-82-141-88-85-138-76-73-132-64-61-126-52-49-120-40-37-114-26-23-106-2,91-144-18-9-94(103)99-14-21-112-32-35-118-44-47-124-56-59-130-68-71-136-80-83-142-89-86-139-77-74-133-65-62-127-53-50-121-41-38-115-27-24-107-3)92-145-19-10-95(104)100-15-22-113-33-36-119-45-48-125-57-60-131-69-72-137-81-84-143-90-87-140-78-75-134-66-63-128-54-51-122-42-39-116-28-25-108-4/h5-92H2,1-4H3,(H,98,102)(H,99,103)(H,100,104)(H,101,105). The Hall–Kier alpha value is -3.72. The molecular formula is C97H192N4O44. The van der Waals surface area contributed by atoms with Gasteiger partial charge in [0.1, 0.15) is 0 Å². The minimum absolute atomic E-state index is 0.0131. The zero-order valence-electron chi connectivity index (χ0n) is 88.7. The first kappa shape index (κ1) is 141. The van der Waals surface area contributed by atoms with Gasteiger partial charge in [0.2, 0.25) is 23.6 Å². The second-order valence-corrected chi connectivity index (χ2v) is 30.9. The van der Waals surface area contributed by atoms with E-state index in [1.807, 2.05) is 6.92 Å². The van der Waals surface area contributed by atoms with Crippen molar-refractivity contribution in [3.8, 4) is 0 Å². The summed E-state index contributed by atoms with van der Waals surface area (Å²) in [4.78, 5) is 52.9.